The Morgan fingerprint density at radius 2 is 1.52 bits per heavy atom. The SMILES string of the molecule is CC(C)c1cccc(C(C)C)c1-n1c(-c2[c-]oc3ccc(F)cc23)nc2ccccc21.[Ir].[c-]1ccccc1-c1ccccn1. The zero-order valence-electron chi connectivity index (χ0n) is 25.0. The zero-order chi connectivity index (χ0) is 29.9. The molecule has 0 aliphatic rings. The third kappa shape index (κ3) is 6.14. The molecule has 1 radical (unpaired) electrons. The Bertz CT molecular complexity index is 1930. The van der Waals surface area contributed by atoms with Crippen LogP contribution in [0.5, 0.6) is 0 Å². The number of rotatable bonds is 5. The molecule has 44 heavy (non-hydrogen) atoms. The summed E-state index contributed by atoms with van der Waals surface area (Å²) in [5.74, 6) is 1.05. The van der Waals surface area contributed by atoms with Gasteiger partial charge < -0.3 is 14.0 Å². The van der Waals surface area contributed by atoms with Gasteiger partial charge in [0.1, 0.15) is 5.82 Å². The molecule has 0 bridgehead atoms. The molecule has 6 heteroatoms. The van der Waals surface area contributed by atoms with Gasteiger partial charge in [-0.25, -0.2) is 4.39 Å². The normalized spacial score (nSPS) is 11.1. The van der Waals surface area contributed by atoms with E-state index in [-0.39, 0.29) is 25.9 Å². The van der Waals surface area contributed by atoms with E-state index in [0.29, 0.717) is 34.2 Å². The Morgan fingerprint density at radius 1 is 0.795 bits per heavy atom. The van der Waals surface area contributed by atoms with Gasteiger partial charge in [0.15, 0.2) is 0 Å². The van der Waals surface area contributed by atoms with Gasteiger partial charge in [-0.1, -0.05) is 93.2 Å². The maximum absolute atomic E-state index is 14.1. The molecule has 0 saturated carbocycles. The van der Waals surface area contributed by atoms with Crippen molar-refractivity contribution in [3.63, 3.8) is 0 Å². The molecule has 0 aliphatic carbocycles. The first-order chi connectivity index (χ1) is 20.9. The van der Waals surface area contributed by atoms with Crippen molar-refractivity contribution in [2.24, 2.45) is 0 Å². The standard InChI is InChI=1S/C27H24FN2O.C11H8N.Ir/c1-16(2)19-8-7-9-20(17(3)4)26(19)30-24-11-6-5-10-23(24)29-27(30)22-15-31-25-13-12-18(28)14-21(22)25;1-2-6-10(7-3-1)11-8-4-5-9-12-11;/h5-14,16-17H,1-4H3;1-6,8-9H;/q2*-1;. The van der Waals surface area contributed by atoms with Crippen LogP contribution in [-0.2, 0) is 20.1 Å². The molecule has 0 aliphatic heterocycles. The predicted octanol–water partition coefficient (Wildman–Crippen LogP) is 10.2. The van der Waals surface area contributed by atoms with Crippen LogP contribution in [-0.4, -0.2) is 14.5 Å². The first kappa shape index (κ1) is 31.1. The first-order valence-electron chi connectivity index (χ1n) is 14.5. The number of furan rings is 1. The first-order valence-corrected chi connectivity index (χ1v) is 14.5. The minimum absolute atomic E-state index is 0. The number of hydrogen-bond donors (Lipinski definition) is 0. The molecule has 0 spiro atoms. The monoisotopic (exact) mass is 758 g/mol. The Kier molecular flexibility index (Phi) is 9.53. The second-order valence-corrected chi connectivity index (χ2v) is 11.1. The Hall–Kier alpha value is -4.38. The van der Waals surface area contributed by atoms with Gasteiger partial charge in [-0.05, 0) is 52.9 Å². The molecule has 0 fully saturated rings. The molecule has 4 aromatic carbocycles. The average molecular weight is 758 g/mol. The van der Waals surface area contributed by atoms with Crippen LogP contribution < -0.4 is 0 Å². The van der Waals surface area contributed by atoms with Crippen LogP contribution in [0.3, 0.4) is 0 Å². The molecule has 7 rings (SSSR count). The van der Waals surface area contributed by atoms with E-state index >= 15 is 0 Å². The third-order valence-electron chi connectivity index (χ3n) is 7.47. The summed E-state index contributed by atoms with van der Waals surface area (Å²) in [5, 5.41) is 0.671. The number of halogens is 1. The van der Waals surface area contributed by atoms with E-state index in [1.807, 2.05) is 60.7 Å². The fourth-order valence-corrected chi connectivity index (χ4v) is 5.38. The van der Waals surface area contributed by atoms with Crippen LogP contribution in [0.1, 0.15) is 50.7 Å². The van der Waals surface area contributed by atoms with Gasteiger partial charge in [0.25, 0.3) is 0 Å². The Balaban J connectivity index is 0.000000248. The van der Waals surface area contributed by atoms with Gasteiger partial charge in [0.05, 0.1) is 16.9 Å². The fraction of sp³-hybridized carbons (Fsp3) is 0.158. The van der Waals surface area contributed by atoms with Crippen LogP contribution in [0.25, 0.3) is 50.3 Å². The number of benzene rings is 4. The summed E-state index contributed by atoms with van der Waals surface area (Å²) >= 11 is 0. The predicted molar refractivity (Wildman–Crippen MR) is 172 cm³/mol. The second-order valence-electron chi connectivity index (χ2n) is 11.1. The van der Waals surface area contributed by atoms with Gasteiger partial charge in [-0.15, -0.1) is 35.9 Å². The molecular weight excluding hydrogens is 726 g/mol. The fourth-order valence-electron chi connectivity index (χ4n) is 5.38. The minimum Gasteiger partial charge on any atom is -0.557 e. The van der Waals surface area contributed by atoms with E-state index in [1.165, 1.54) is 23.3 Å². The summed E-state index contributed by atoms with van der Waals surface area (Å²) in [6.07, 6.45) is 4.79. The van der Waals surface area contributed by atoms with Gasteiger partial charge in [0, 0.05) is 43.8 Å². The number of imidazole rings is 1. The topological polar surface area (TPSA) is 43.9 Å². The molecule has 7 aromatic rings. The van der Waals surface area contributed by atoms with Crippen LogP contribution in [0.4, 0.5) is 4.39 Å². The van der Waals surface area contributed by atoms with E-state index in [9.17, 15) is 4.39 Å². The molecule has 0 amide bonds. The molecule has 223 valence electrons. The van der Waals surface area contributed by atoms with Crippen molar-refractivity contribution >= 4 is 22.0 Å². The van der Waals surface area contributed by atoms with E-state index in [0.717, 1.165) is 28.0 Å². The van der Waals surface area contributed by atoms with Gasteiger partial charge >= 0.3 is 0 Å². The number of pyridine rings is 1. The van der Waals surface area contributed by atoms with E-state index < -0.39 is 0 Å². The van der Waals surface area contributed by atoms with Crippen molar-refractivity contribution in [2.45, 2.75) is 39.5 Å². The number of fused-ring (bicyclic) bond motifs is 2. The number of nitrogens with zero attached hydrogens (tertiary/aromatic N) is 3. The summed E-state index contributed by atoms with van der Waals surface area (Å²) in [7, 11) is 0. The van der Waals surface area contributed by atoms with E-state index in [4.69, 9.17) is 9.40 Å². The summed E-state index contributed by atoms with van der Waals surface area (Å²) in [6, 6.07) is 35.9. The van der Waals surface area contributed by atoms with Crippen LogP contribution in [0.2, 0.25) is 0 Å². The van der Waals surface area contributed by atoms with Crippen molar-refractivity contribution in [3.05, 3.63) is 139 Å². The van der Waals surface area contributed by atoms with Gasteiger partial charge in [-0.2, -0.15) is 0 Å². The Labute approximate surface area is 271 Å². The van der Waals surface area contributed by atoms with Gasteiger partial charge in [-0.3, -0.25) is 4.98 Å². The third-order valence-corrected chi connectivity index (χ3v) is 7.47. The zero-order valence-corrected chi connectivity index (χ0v) is 27.4. The van der Waals surface area contributed by atoms with Gasteiger partial charge in [0.2, 0.25) is 0 Å². The molecule has 0 atom stereocenters. The largest absolute Gasteiger partial charge is 0.557 e. The van der Waals surface area contributed by atoms with Crippen molar-refractivity contribution in [2.75, 3.05) is 0 Å². The number of aromatic nitrogens is 3. The Morgan fingerprint density at radius 3 is 2.20 bits per heavy atom. The minimum atomic E-state index is -0.309. The summed E-state index contributed by atoms with van der Waals surface area (Å²) in [4.78, 5) is 9.18. The van der Waals surface area contributed by atoms with Crippen molar-refractivity contribution < 1.29 is 28.9 Å². The maximum atomic E-state index is 14.1. The van der Waals surface area contributed by atoms with Crippen LogP contribution >= 0.6 is 0 Å². The van der Waals surface area contributed by atoms with E-state index in [1.54, 1.807) is 12.3 Å². The number of hydrogen-bond acceptors (Lipinski definition) is 3. The van der Waals surface area contributed by atoms with Crippen LogP contribution in [0.15, 0.2) is 114 Å². The molecule has 0 saturated heterocycles. The summed E-state index contributed by atoms with van der Waals surface area (Å²) in [6.45, 7) is 8.82. The smallest absolute Gasteiger partial charge is 0.113 e. The van der Waals surface area contributed by atoms with Crippen LogP contribution in [0, 0.1) is 18.1 Å². The van der Waals surface area contributed by atoms with Crippen molar-refractivity contribution in [1.82, 2.24) is 14.5 Å². The van der Waals surface area contributed by atoms with E-state index in [2.05, 4.69) is 73.8 Å². The summed E-state index contributed by atoms with van der Waals surface area (Å²) < 4.78 is 22.0. The van der Waals surface area contributed by atoms with Crippen molar-refractivity contribution in [3.8, 4) is 28.3 Å². The number of para-hydroxylation sites is 3. The quantitative estimate of drug-likeness (QED) is 0.164. The molecule has 0 N–H and O–H groups in total. The summed E-state index contributed by atoms with van der Waals surface area (Å²) in [5.41, 5.74) is 8.78. The second kappa shape index (κ2) is 13.5. The molecule has 3 aromatic heterocycles. The average Bonchev–Trinajstić information content (AvgIpc) is 3.62. The molecule has 4 nitrogen and oxygen atoms in total. The molecular formula is C38H32FIrN3O-2. The molecule has 0 unspecified atom stereocenters. The maximum Gasteiger partial charge on any atom is 0.113 e. The van der Waals surface area contributed by atoms with Crippen molar-refractivity contribution in [1.29, 1.82) is 0 Å². The molecule has 3 heterocycles.